The molecule has 2 rings (SSSR count). The summed E-state index contributed by atoms with van der Waals surface area (Å²) in [6, 6.07) is 6.69. The van der Waals surface area contributed by atoms with E-state index in [1.165, 1.54) is 12.1 Å². The van der Waals surface area contributed by atoms with E-state index in [0.717, 1.165) is 25.1 Å². The Hall–Kier alpha value is -0.930. The zero-order valence-corrected chi connectivity index (χ0v) is 9.56. The fourth-order valence-corrected chi connectivity index (χ4v) is 2.55. The average molecular weight is 223 g/mol. The molecule has 0 radical (unpaired) electrons. The van der Waals surface area contributed by atoms with Crippen LogP contribution in [0.5, 0.6) is 0 Å². The molecule has 2 nitrogen and oxygen atoms in total. The fourth-order valence-electron chi connectivity index (χ4n) is 2.55. The van der Waals surface area contributed by atoms with Crippen LogP contribution < -0.4 is 0 Å². The van der Waals surface area contributed by atoms with Crippen LogP contribution in [0.2, 0.25) is 0 Å². The molecule has 1 unspecified atom stereocenters. The van der Waals surface area contributed by atoms with E-state index in [9.17, 15) is 9.50 Å². The number of aliphatic hydroxyl groups excluding tert-OH is 1. The lowest BCUT2D eigenvalue weighted by molar-refractivity contribution is 0.118. The molecule has 0 spiro atoms. The second-order valence-electron chi connectivity index (χ2n) is 4.65. The third-order valence-corrected chi connectivity index (χ3v) is 3.47. The Morgan fingerprint density at radius 3 is 2.69 bits per heavy atom. The zero-order valence-electron chi connectivity index (χ0n) is 9.56. The topological polar surface area (TPSA) is 23.5 Å². The molecule has 88 valence electrons. The van der Waals surface area contributed by atoms with E-state index in [2.05, 4.69) is 11.9 Å². The number of aliphatic hydroxyl groups is 1. The van der Waals surface area contributed by atoms with Crippen LogP contribution in [-0.2, 0) is 0 Å². The standard InChI is InChI=1S/C13H18FNO/c1-15-7-6-13(11(8-15)9-16)10-2-4-12(14)5-3-10/h2-5,11,13,16H,6-9H2,1H3/t11?,13-/m0/s1. The van der Waals surface area contributed by atoms with Crippen molar-refractivity contribution in [2.24, 2.45) is 5.92 Å². The van der Waals surface area contributed by atoms with Crippen LogP contribution in [0.1, 0.15) is 17.9 Å². The molecule has 1 N–H and O–H groups in total. The van der Waals surface area contributed by atoms with Crippen molar-refractivity contribution in [3.63, 3.8) is 0 Å². The highest BCUT2D eigenvalue weighted by Gasteiger charge is 2.28. The highest BCUT2D eigenvalue weighted by molar-refractivity contribution is 5.22. The Morgan fingerprint density at radius 2 is 2.06 bits per heavy atom. The van der Waals surface area contributed by atoms with Crippen molar-refractivity contribution in [1.29, 1.82) is 0 Å². The predicted molar refractivity (Wildman–Crippen MR) is 61.8 cm³/mol. The van der Waals surface area contributed by atoms with Gasteiger partial charge in [-0.2, -0.15) is 0 Å². The van der Waals surface area contributed by atoms with E-state index >= 15 is 0 Å². The van der Waals surface area contributed by atoms with Crippen molar-refractivity contribution in [3.8, 4) is 0 Å². The summed E-state index contributed by atoms with van der Waals surface area (Å²) in [4.78, 5) is 2.24. The minimum absolute atomic E-state index is 0.197. The van der Waals surface area contributed by atoms with Gasteiger partial charge in [0.05, 0.1) is 0 Å². The summed E-state index contributed by atoms with van der Waals surface area (Å²) in [7, 11) is 2.07. The summed E-state index contributed by atoms with van der Waals surface area (Å²) < 4.78 is 12.8. The third kappa shape index (κ3) is 2.42. The molecule has 1 heterocycles. The van der Waals surface area contributed by atoms with Crippen LogP contribution >= 0.6 is 0 Å². The Bertz CT molecular complexity index is 338. The molecular formula is C13H18FNO. The van der Waals surface area contributed by atoms with Gasteiger partial charge in [-0.25, -0.2) is 4.39 Å². The van der Waals surface area contributed by atoms with Crippen LogP contribution in [0.25, 0.3) is 0 Å². The number of hydrogen-bond acceptors (Lipinski definition) is 2. The van der Waals surface area contributed by atoms with Gasteiger partial charge in [0.1, 0.15) is 5.82 Å². The van der Waals surface area contributed by atoms with Crippen molar-refractivity contribution in [2.45, 2.75) is 12.3 Å². The second kappa shape index (κ2) is 4.93. The van der Waals surface area contributed by atoms with Gasteiger partial charge in [-0.1, -0.05) is 12.1 Å². The summed E-state index contributed by atoms with van der Waals surface area (Å²) in [5, 5.41) is 9.39. The molecule has 1 fully saturated rings. The van der Waals surface area contributed by atoms with Crippen LogP contribution in [-0.4, -0.2) is 36.8 Å². The van der Waals surface area contributed by atoms with Gasteiger partial charge in [0, 0.05) is 19.1 Å². The minimum atomic E-state index is -0.197. The Kier molecular flexibility index (Phi) is 3.56. The van der Waals surface area contributed by atoms with Gasteiger partial charge in [-0.05, 0) is 43.6 Å². The molecule has 3 heteroatoms. The van der Waals surface area contributed by atoms with E-state index in [1.54, 1.807) is 0 Å². The monoisotopic (exact) mass is 223 g/mol. The summed E-state index contributed by atoms with van der Waals surface area (Å²) in [5.74, 6) is 0.434. The summed E-state index contributed by atoms with van der Waals surface area (Å²) >= 11 is 0. The van der Waals surface area contributed by atoms with Gasteiger partial charge in [0.15, 0.2) is 0 Å². The van der Waals surface area contributed by atoms with Crippen molar-refractivity contribution in [1.82, 2.24) is 4.90 Å². The van der Waals surface area contributed by atoms with Crippen LogP contribution in [0.15, 0.2) is 24.3 Å². The molecule has 0 aromatic heterocycles. The summed E-state index contributed by atoms with van der Waals surface area (Å²) in [6.45, 7) is 2.16. The van der Waals surface area contributed by atoms with Crippen LogP contribution in [0.3, 0.4) is 0 Å². The number of benzene rings is 1. The first-order valence-electron chi connectivity index (χ1n) is 5.75. The van der Waals surface area contributed by atoms with E-state index in [0.29, 0.717) is 5.92 Å². The van der Waals surface area contributed by atoms with E-state index in [-0.39, 0.29) is 18.3 Å². The molecule has 1 aliphatic rings. The Morgan fingerprint density at radius 1 is 1.38 bits per heavy atom. The molecule has 0 aliphatic carbocycles. The number of nitrogens with zero attached hydrogens (tertiary/aromatic N) is 1. The molecule has 0 amide bonds. The molecule has 16 heavy (non-hydrogen) atoms. The molecule has 0 bridgehead atoms. The van der Waals surface area contributed by atoms with Gasteiger partial charge >= 0.3 is 0 Å². The zero-order chi connectivity index (χ0) is 11.5. The fraction of sp³-hybridized carbons (Fsp3) is 0.538. The van der Waals surface area contributed by atoms with Crippen LogP contribution in [0.4, 0.5) is 4.39 Å². The second-order valence-corrected chi connectivity index (χ2v) is 4.65. The largest absolute Gasteiger partial charge is 0.396 e. The van der Waals surface area contributed by atoms with Gasteiger partial charge in [-0.15, -0.1) is 0 Å². The van der Waals surface area contributed by atoms with Crippen LogP contribution in [0, 0.1) is 11.7 Å². The average Bonchev–Trinajstić information content (AvgIpc) is 2.30. The molecule has 1 aromatic carbocycles. The SMILES string of the molecule is CN1CC[C@@H](c2ccc(F)cc2)C(CO)C1. The molecule has 0 saturated carbocycles. The lowest BCUT2D eigenvalue weighted by Crippen LogP contribution is -2.38. The van der Waals surface area contributed by atoms with E-state index < -0.39 is 0 Å². The first kappa shape index (κ1) is 11.6. The quantitative estimate of drug-likeness (QED) is 0.827. The van der Waals surface area contributed by atoms with Crippen molar-refractivity contribution in [3.05, 3.63) is 35.6 Å². The number of hydrogen-bond donors (Lipinski definition) is 1. The van der Waals surface area contributed by atoms with Crippen molar-refractivity contribution < 1.29 is 9.50 Å². The number of piperidine rings is 1. The number of likely N-dealkylation sites (tertiary alicyclic amines) is 1. The molecule has 1 aromatic rings. The molecule has 2 atom stereocenters. The van der Waals surface area contributed by atoms with Crippen molar-refractivity contribution in [2.75, 3.05) is 26.7 Å². The smallest absolute Gasteiger partial charge is 0.123 e. The first-order valence-corrected chi connectivity index (χ1v) is 5.75. The maximum absolute atomic E-state index is 12.8. The highest BCUT2D eigenvalue weighted by atomic mass is 19.1. The summed E-state index contributed by atoms with van der Waals surface area (Å²) in [5.41, 5.74) is 1.15. The van der Waals surface area contributed by atoms with Gasteiger partial charge in [0.2, 0.25) is 0 Å². The normalized spacial score (nSPS) is 26.9. The Balaban J connectivity index is 2.15. The van der Waals surface area contributed by atoms with Gasteiger partial charge in [-0.3, -0.25) is 0 Å². The maximum Gasteiger partial charge on any atom is 0.123 e. The third-order valence-electron chi connectivity index (χ3n) is 3.47. The minimum Gasteiger partial charge on any atom is -0.396 e. The summed E-state index contributed by atoms with van der Waals surface area (Å²) in [6.07, 6.45) is 1.04. The van der Waals surface area contributed by atoms with Gasteiger partial charge < -0.3 is 10.0 Å². The lowest BCUT2D eigenvalue weighted by Gasteiger charge is -2.36. The van der Waals surface area contributed by atoms with Gasteiger partial charge in [0.25, 0.3) is 0 Å². The highest BCUT2D eigenvalue weighted by Crippen LogP contribution is 2.32. The molecular weight excluding hydrogens is 205 g/mol. The van der Waals surface area contributed by atoms with Crippen molar-refractivity contribution >= 4 is 0 Å². The van der Waals surface area contributed by atoms with E-state index in [4.69, 9.17) is 0 Å². The first-order chi connectivity index (χ1) is 7.70. The van der Waals surface area contributed by atoms with E-state index in [1.807, 2.05) is 12.1 Å². The Labute approximate surface area is 95.7 Å². The lowest BCUT2D eigenvalue weighted by atomic mass is 9.81. The maximum atomic E-state index is 12.8. The molecule has 1 aliphatic heterocycles. The number of halogens is 1. The number of rotatable bonds is 2. The predicted octanol–water partition coefficient (Wildman–Crippen LogP) is 1.85. The molecule has 1 saturated heterocycles.